The van der Waals surface area contributed by atoms with Crippen LogP contribution in [0.15, 0.2) is 78.9 Å². The molecule has 0 saturated heterocycles. The maximum atomic E-state index is 13.2. The van der Waals surface area contributed by atoms with Crippen molar-refractivity contribution in [3.63, 3.8) is 0 Å². The molecule has 5 heteroatoms. The Morgan fingerprint density at radius 3 is 2.35 bits per heavy atom. The summed E-state index contributed by atoms with van der Waals surface area (Å²) in [6, 6.07) is 25.4. The average Bonchev–Trinajstić information content (AvgIpc) is 2.79. The third kappa shape index (κ3) is 4.86. The number of halogens is 1. The van der Waals surface area contributed by atoms with Gasteiger partial charge < -0.3 is 14.8 Å². The molecule has 31 heavy (non-hydrogen) atoms. The van der Waals surface area contributed by atoms with Crippen LogP contribution < -0.4 is 14.8 Å². The Morgan fingerprint density at radius 1 is 1.00 bits per heavy atom. The van der Waals surface area contributed by atoms with Crippen LogP contribution >= 0.6 is 11.6 Å². The van der Waals surface area contributed by atoms with E-state index in [0.29, 0.717) is 16.5 Å². The summed E-state index contributed by atoms with van der Waals surface area (Å²) in [6.07, 6.45) is 0.777. The van der Waals surface area contributed by atoms with Crippen LogP contribution in [0.4, 0.5) is 0 Å². The van der Waals surface area contributed by atoms with E-state index >= 15 is 0 Å². The number of ether oxygens (including phenoxy) is 2. The van der Waals surface area contributed by atoms with Crippen LogP contribution in [0.3, 0.4) is 0 Å². The summed E-state index contributed by atoms with van der Waals surface area (Å²) in [6.45, 7) is 3.96. The molecule has 1 aliphatic heterocycles. The predicted octanol–water partition coefficient (Wildman–Crippen LogP) is 5.40. The van der Waals surface area contributed by atoms with E-state index in [-0.39, 0.29) is 24.5 Å². The fourth-order valence-corrected chi connectivity index (χ4v) is 4.00. The Morgan fingerprint density at radius 2 is 1.65 bits per heavy atom. The molecule has 160 valence electrons. The molecule has 1 N–H and O–H groups in total. The molecular formula is C26H26ClNO3. The maximum absolute atomic E-state index is 13.2. The number of nitrogens with one attached hydrogen (secondary N) is 1. The predicted molar refractivity (Wildman–Crippen MR) is 123 cm³/mol. The lowest BCUT2D eigenvalue weighted by atomic mass is 9.86. The number of hydrogen-bond acceptors (Lipinski definition) is 3. The van der Waals surface area contributed by atoms with E-state index in [4.69, 9.17) is 21.1 Å². The van der Waals surface area contributed by atoms with Crippen molar-refractivity contribution in [2.75, 3.05) is 6.61 Å². The third-order valence-corrected chi connectivity index (χ3v) is 5.98. The minimum Gasteiger partial charge on any atom is -0.485 e. The van der Waals surface area contributed by atoms with Crippen molar-refractivity contribution >= 4 is 17.5 Å². The molecule has 1 heterocycles. The summed E-state index contributed by atoms with van der Waals surface area (Å²) in [4.78, 5) is 13.2. The third-order valence-electron chi connectivity index (χ3n) is 5.73. The molecule has 3 unspecified atom stereocenters. The van der Waals surface area contributed by atoms with Crippen LogP contribution in [0.2, 0.25) is 5.02 Å². The van der Waals surface area contributed by atoms with Gasteiger partial charge in [-0.1, -0.05) is 66.2 Å². The average molecular weight is 436 g/mol. The van der Waals surface area contributed by atoms with Gasteiger partial charge in [-0.3, -0.25) is 4.79 Å². The molecule has 3 atom stereocenters. The fraction of sp³-hybridized carbons (Fsp3) is 0.269. The summed E-state index contributed by atoms with van der Waals surface area (Å²) in [5, 5.41) is 3.89. The first-order valence-corrected chi connectivity index (χ1v) is 10.8. The van der Waals surface area contributed by atoms with Crippen LogP contribution in [0.5, 0.6) is 11.5 Å². The topological polar surface area (TPSA) is 47.6 Å². The number of para-hydroxylation sites is 2. The Bertz CT molecular complexity index is 1040. The molecule has 0 bridgehead atoms. The summed E-state index contributed by atoms with van der Waals surface area (Å²) in [7, 11) is 0. The highest BCUT2D eigenvalue weighted by atomic mass is 35.5. The number of amides is 1. The Labute approximate surface area is 188 Å². The second-order valence-corrected chi connectivity index (χ2v) is 8.61. The van der Waals surface area contributed by atoms with E-state index < -0.39 is 5.60 Å². The van der Waals surface area contributed by atoms with Gasteiger partial charge in [0.2, 0.25) is 5.60 Å². The van der Waals surface area contributed by atoms with Gasteiger partial charge in [-0.15, -0.1) is 0 Å². The van der Waals surface area contributed by atoms with E-state index in [2.05, 4.69) is 17.4 Å². The first-order valence-electron chi connectivity index (χ1n) is 10.5. The molecule has 4 nitrogen and oxygen atoms in total. The summed E-state index contributed by atoms with van der Waals surface area (Å²) in [5.41, 5.74) is 1.24. The van der Waals surface area contributed by atoms with Gasteiger partial charge in [0.25, 0.3) is 5.91 Å². The number of benzene rings is 3. The van der Waals surface area contributed by atoms with Crippen molar-refractivity contribution < 1.29 is 14.3 Å². The van der Waals surface area contributed by atoms with E-state index in [1.807, 2.05) is 73.7 Å². The quantitative estimate of drug-likeness (QED) is 0.563. The van der Waals surface area contributed by atoms with Gasteiger partial charge in [-0.05, 0) is 55.7 Å². The summed E-state index contributed by atoms with van der Waals surface area (Å²) >= 11 is 6.05. The Kier molecular flexibility index (Phi) is 6.19. The number of fused-ring (bicyclic) bond motifs is 1. The van der Waals surface area contributed by atoms with Gasteiger partial charge in [-0.2, -0.15) is 0 Å². The molecule has 0 aromatic heterocycles. The number of hydrogen-bond donors (Lipinski definition) is 1. The normalized spacial score (nSPS) is 19.3. The highest BCUT2D eigenvalue weighted by molar-refractivity contribution is 6.30. The van der Waals surface area contributed by atoms with Crippen molar-refractivity contribution in [3.05, 3.63) is 95.0 Å². The molecule has 0 radical (unpaired) electrons. The van der Waals surface area contributed by atoms with Gasteiger partial charge in [0.05, 0.1) is 0 Å². The lowest BCUT2D eigenvalue weighted by Crippen LogP contribution is -2.57. The van der Waals surface area contributed by atoms with Crippen LogP contribution in [0.25, 0.3) is 0 Å². The highest BCUT2D eigenvalue weighted by Gasteiger charge is 2.41. The molecule has 0 fully saturated rings. The molecule has 0 saturated carbocycles. The Balaban J connectivity index is 1.52. The zero-order valence-electron chi connectivity index (χ0n) is 17.7. The highest BCUT2D eigenvalue weighted by Crippen LogP contribution is 2.35. The second kappa shape index (κ2) is 9.03. The minimum absolute atomic E-state index is 0.0896. The van der Waals surface area contributed by atoms with E-state index in [1.54, 1.807) is 6.92 Å². The zero-order chi connectivity index (χ0) is 21.8. The SMILES string of the molecule is CC(NC(=O)C1(C)COc2ccccc2O1)C(Cc1ccc(Cl)cc1)c1ccccc1. The molecular weight excluding hydrogens is 410 g/mol. The van der Waals surface area contributed by atoms with Crippen LogP contribution in [0.1, 0.15) is 30.9 Å². The van der Waals surface area contributed by atoms with Crippen LogP contribution in [-0.4, -0.2) is 24.2 Å². The van der Waals surface area contributed by atoms with E-state index in [0.717, 1.165) is 12.0 Å². The van der Waals surface area contributed by atoms with Crippen molar-refractivity contribution in [1.29, 1.82) is 0 Å². The summed E-state index contributed by atoms with van der Waals surface area (Å²) < 4.78 is 11.8. The molecule has 0 aliphatic carbocycles. The Hall–Kier alpha value is -2.98. The number of rotatable bonds is 6. The van der Waals surface area contributed by atoms with Gasteiger partial charge in [0.15, 0.2) is 11.5 Å². The smallest absolute Gasteiger partial charge is 0.267 e. The van der Waals surface area contributed by atoms with Gasteiger partial charge >= 0.3 is 0 Å². The molecule has 3 aromatic rings. The summed E-state index contributed by atoms with van der Waals surface area (Å²) in [5.74, 6) is 1.14. The monoisotopic (exact) mass is 435 g/mol. The van der Waals surface area contributed by atoms with Crippen LogP contribution in [0, 0.1) is 0 Å². The van der Waals surface area contributed by atoms with Crippen molar-refractivity contribution in [2.24, 2.45) is 0 Å². The minimum atomic E-state index is -1.09. The van der Waals surface area contributed by atoms with Crippen molar-refractivity contribution in [2.45, 2.75) is 37.8 Å². The van der Waals surface area contributed by atoms with Crippen LogP contribution in [-0.2, 0) is 11.2 Å². The fourth-order valence-electron chi connectivity index (χ4n) is 3.87. The lowest BCUT2D eigenvalue weighted by Gasteiger charge is -2.36. The van der Waals surface area contributed by atoms with E-state index in [1.165, 1.54) is 5.56 Å². The lowest BCUT2D eigenvalue weighted by molar-refractivity contribution is -0.140. The number of carbonyl (C=O) groups excluding carboxylic acids is 1. The molecule has 3 aromatic carbocycles. The first kappa shape index (κ1) is 21.3. The van der Waals surface area contributed by atoms with Crippen molar-refractivity contribution in [1.82, 2.24) is 5.32 Å². The number of carbonyl (C=O) groups is 1. The molecule has 1 amide bonds. The molecule has 1 aliphatic rings. The molecule has 4 rings (SSSR count). The van der Waals surface area contributed by atoms with Crippen molar-refractivity contribution in [3.8, 4) is 11.5 Å². The largest absolute Gasteiger partial charge is 0.485 e. The molecule has 0 spiro atoms. The first-order chi connectivity index (χ1) is 14.9. The second-order valence-electron chi connectivity index (χ2n) is 8.18. The maximum Gasteiger partial charge on any atom is 0.267 e. The van der Waals surface area contributed by atoms with Gasteiger partial charge in [0.1, 0.15) is 6.61 Å². The standard InChI is InChI=1S/C26H26ClNO3/c1-18(28-25(29)26(2)17-30-23-10-6-7-11-24(23)31-26)22(20-8-4-3-5-9-20)16-19-12-14-21(27)15-13-19/h3-15,18,22H,16-17H2,1-2H3,(H,28,29). The van der Waals surface area contributed by atoms with E-state index in [9.17, 15) is 4.79 Å². The zero-order valence-corrected chi connectivity index (χ0v) is 18.4. The van der Waals surface area contributed by atoms with Gasteiger partial charge in [0, 0.05) is 17.0 Å². The van der Waals surface area contributed by atoms with Gasteiger partial charge in [-0.25, -0.2) is 0 Å².